The van der Waals surface area contributed by atoms with Crippen LogP contribution in [0, 0.1) is 0 Å². The van der Waals surface area contributed by atoms with E-state index in [2.05, 4.69) is 31.9 Å². The third-order valence-electron chi connectivity index (χ3n) is 4.14. The molecule has 0 aromatic heterocycles. The normalized spacial score (nSPS) is 11.5. The summed E-state index contributed by atoms with van der Waals surface area (Å²) in [6, 6.07) is -0.502. The molecule has 1 rings (SSSR count). The van der Waals surface area contributed by atoms with Crippen LogP contribution in [0.25, 0.3) is 0 Å². The monoisotopic (exact) mass is 494 g/mol. The van der Waals surface area contributed by atoms with Crippen molar-refractivity contribution < 1.29 is 29.4 Å². The smallest absolute Gasteiger partial charge is 0.314 e. The number of nitrogens with one attached hydrogen (secondary N) is 6. The molecule has 14 nitrogen and oxygen atoms in total. The van der Waals surface area contributed by atoms with E-state index in [0.29, 0.717) is 19.1 Å². The molecule has 14 heteroatoms. The Kier molecular flexibility index (Phi) is 27.5. The van der Waals surface area contributed by atoms with Crippen molar-refractivity contribution >= 4 is 24.1 Å². The van der Waals surface area contributed by atoms with Gasteiger partial charge in [0.2, 0.25) is 0 Å². The Balaban J connectivity index is -0.000000384. The van der Waals surface area contributed by atoms with Crippen LogP contribution in [0.4, 0.5) is 19.2 Å². The van der Waals surface area contributed by atoms with E-state index in [0.717, 1.165) is 12.8 Å². The molecule has 0 atom stereocenters. The summed E-state index contributed by atoms with van der Waals surface area (Å²) in [6.07, 6.45) is 4.73. The largest absolute Gasteiger partial charge is 0.395 e. The summed E-state index contributed by atoms with van der Waals surface area (Å²) >= 11 is 0. The van der Waals surface area contributed by atoms with Crippen LogP contribution in [-0.4, -0.2) is 106 Å². The number of aliphatic hydroxyl groups excluding tert-OH is 2. The van der Waals surface area contributed by atoms with Gasteiger partial charge >= 0.3 is 24.1 Å². The topological polar surface area (TPSA) is 210 Å². The van der Waals surface area contributed by atoms with E-state index in [-0.39, 0.29) is 50.4 Å². The van der Waals surface area contributed by atoms with Gasteiger partial charge in [-0.15, -0.1) is 0 Å². The highest BCUT2D eigenvalue weighted by Gasteiger charge is 2.21. The van der Waals surface area contributed by atoms with Gasteiger partial charge in [0.05, 0.1) is 13.2 Å². The molecule has 0 bridgehead atoms. The molecule has 0 aromatic carbocycles. The molecule has 1 aliphatic carbocycles. The number of nitrogens with zero attached hydrogens (tertiary/aromatic N) is 1. The van der Waals surface area contributed by atoms with Crippen LogP contribution in [0.3, 0.4) is 0 Å². The maximum atomic E-state index is 10.6. The van der Waals surface area contributed by atoms with E-state index in [1.165, 1.54) is 12.8 Å². The summed E-state index contributed by atoms with van der Waals surface area (Å²) in [5, 5.41) is 31.1. The van der Waals surface area contributed by atoms with Crippen molar-refractivity contribution in [3.63, 3.8) is 0 Å². The Hall–Kier alpha value is -3.00. The van der Waals surface area contributed by atoms with E-state index in [1.807, 2.05) is 13.8 Å². The average molecular weight is 495 g/mol. The molecule has 10 N–H and O–H groups in total. The number of primary amides is 1. The lowest BCUT2D eigenvalue weighted by Gasteiger charge is -2.21. The van der Waals surface area contributed by atoms with Crippen LogP contribution in [0.2, 0.25) is 0 Å². The summed E-state index contributed by atoms with van der Waals surface area (Å²) < 4.78 is 0. The van der Waals surface area contributed by atoms with Crippen LogP contribution >= 0.6 is 0 Å². The van der Waals surface area contributed by atoms with Crippen LogP contribution in [0.15, 0.2) is 0 Å². The molecule has 0 spiro atoms. The lowest BCUT2D eigenvalue weighted by atomic mass is 10.2. The number of carbonyl (C=O) groups excluding carboxylic acids is 4. The lowest BCUT2D eigenvalue weighted by molar-refractivity contribution is 0.200. The summed E-state index contributed by atoms with van der Waals surface area (Å²) in [6.45, 7) is 5.45. The van der Waals surface area contributed by atoms with E-state index in [9.17, 15) is 19.2 Å². The Labute approximate surface area is 202 Å². The standard InChI is InChI=1S/C7H14N2O.C5H12N2O3.C5H12N2O.C3H8N2O/c1-9(7(8)10)6-4-2-3-5-6;8-3-1-6-5(10)7-2-4-9;1-3-6-5(8)7-4-2;1-4-3(6)5-2/h6H,2-5H2,1H3,(H2,8,10);8-9H,1-4H2,(H2,6,7,10);3-4H2,1-2H3,(H2,6,7,8);1-2H3,(H2,4,5,6). The predicted octanol–water partition coefficient (Wildman–Crippen LogP) is -0.920. The Morgan fingerprint density at radius 3 is 1.44 bits per heavy atom. The zero-order chi connectivity index (χ0) is 26.8. The van der Waals surface area contributed by atoms with E-state index in [4.69, 9.17) is 15.9 Å². The fraction of sp³-hybridized carbons (Fsp3) is 0.800. The molecule has 1 fully saturated rings. The molecule has 0 heterocycles. The van der Waals surface area contributed by atoms with Gasteiger partial charge in [-0.25, -0.2) is 19.2 Å². The first-order valence-electron chi connectivity index (χ1n) is 11.3. The molecule has 34 heavy (non-hydrogen) atoms. The zero-order valence-corrected chi connectivity index (χ0v) is 21.2. The minimum Gasteiger partial charge on any atom is -0.395 e. The first-order valence-corrected chi connectivity index (χ1v) is 11.3. The van der Waals surface area contributed by atoms with Gasteiger partial charge in [-0.2, -0.15) is 0 Å². The molecule has 1 saturated carbocycles. The highest BCUT2D eigenvalue weighted by Crippen LogP contribution is 2.21. The molecule has 0 aromatic rings. The first-order chi connectivity index (χ1) is 16.1. The summed E-state index contributed by atoms with van der Waals surface area (Å²) in [4.78, 5) is 43.2. The number of rotatable bonds is 7. The Morgan fingerprint density at radius 1 is 0.794 bits per heavy atom. The number of urea groups is 4. The molecule has 0 aliphatic heterocycles. The van der Waals surface area contributed by atoms with Crippen molar-refractivity contribution in [2.24, 2.45) is 5.73 Å². The lowest BCUT2D eigenvalue weighted by Crippen LogP contribution is -2.38. The minimum absolute atomic E-state index is 0.0768. The van der Waals surface area contributed by atoms with Crippen molar-refractivity contribution in [1.29, 1.82) is 0 Å². The van der Waals surface area contributed by atoms with Crippen molar-refractivity contribution in [3.05, 3.63) is 0 Å². The van der Waals surface area contributed by atoms with Crippen LogP contribution in [0.1, 0.15) is 39.5 Å². The van der Waals surface area contributed by atoms with Gasteiger partial charge in [0.25, 0.3) is 0 Å². The Morgan fingerprint density at radius 2 is 1.18 bits per heavy atom. The molecular formula is C20H46N8O6. The second-order valence-corrected chi connectivity index (χ2v) is 6.74. The van der Waals surface area contributed by atoms with Gasteiger partial charge in [0, 0.05) is 53.4 Å². The average Bonchev–Trinajstić information content (AvgIpc) is 3.36. The van der Waals surface area contributed by atoms with Crippen molar-refractivity contribution in [3.8, 4) is 0 Å². The van der Waals surface area contributed by atoms with Gasteiger partial charge in [-0.05, 0) is 26.7 Å². The quantitative estimate of drug-likeness (QED) is 0.218. The van der Waals surface area contributed by atoms with E-state index in [1.54, 1.807) is 26.0 Å². The van der Waals surface area contributed by atoms with Crippen LogP contribution in [-0.2, 0) is 0 Å². The maximum Gasteiger partial charge on any atom is 0.314 e. The second-order valence-electron chi connectivity index (χ2n) is 6.74. The molecule has 0 unspecified atom stereocenters. The number of amides is 8. The minimum atomic E-state index is -0.372. The number of hydrogen-bond acceptors (Lipinski definition) is 6. The molecule has 0 radical (unpaired) electrons. The highest BCUT2D eigenvalue weighted by molar-refractivity contribution is 5.74. The van der Waals surface area contributed by atoms with Gasteiger partial charge in [0.1, 0.15) is 0 Å². The number of carbonyl (C=O) groups is 4. The second kappa shape index (κ2) is 26.3. The number of hydrogen-bond donors (Lipinski definition) is 9. The van der Waals surface area contributed by atoms with Crippen molar-refractivity contribution in [2.75, 3.05) is 60.5 Å². The van der Waals surface area contributed by atoms with E-state index < -0.39 is 0 Å². The third-order valence-corrected chi connectivity index (χ3v) is 4.14. The number of aliphatic hydroxyl groups is 2. The molecule has 202 valence electrons. The van der Waals surface area contributed by atoms with Crippen LogP contribution in [0.5, 0.6) is 0 Å². The predicted molar refractivity (Wildman–Crippen MR) is 131 cm³/mol. The highest BCUT2D eigenvalue weighted by atomic mass is 16.3. The van der Waals surface area contributed by atoms with Crippen molar-refractivity contribution in [2.45, 2.75) is 45.6 Å². The van der Waals surface area contributed by atoms with Gasteiger partial charge in [-0.3, -0.25) is 0 Å². The maximum absolute atomic E-state index is 10.6. The summed E-state index contributed by atoms with van der Waals surface area (Å²) in [5.74, 6) is 0. The van der Waals surface area contributed by atoms with E-state index >= 15 is 0 Å². The third kappa shape index (κ3) is 25.3. The summed E-state index contributed by atoms with van der Waals surface area (Å²) in [7, 11) is 4.91. The molecule has 0 saturated heterocycles. The fourth-order valence-corrected chi connectivity index (χ4v) is 2.38. The van der Waals surface area contributed by atoms with Gasteiger partial charge in [0.15, 0.2) is 0 Å². The fourth-order valence-electron chi connectivity index (χ4n) is 2.38. The van der Waals surface area contributed by atoms with Gasteiger partial charge in [-0.1, -0.05) is 12.8 Å². The Bertz CT molecular complexity index is 507. The first kappa shape index (κ1) is 35.6. The SMILES string of the molecule is CCNC(=O)NCC.CN(C(N)=O)C1CCCC1.CNC(=O)NC.O=C(NCCO)NCCO. The molecule has 8 amide bonds. The number of nitrogens with two attached hydrogens (primary N) is 1. The van der Waals surface area contributed by atoms with Crippen molar-refractivity contribution in [1.82, 2.24) is 36.8 Å². The summed E-state index contributed by atoms with van der Waals surface area (Å²) in [5.41, 5.74) is 5.10. The molecular weight excluding hydrogens is 448 g/mol. The van der Waals surface area contributed by atoms with Gasteiger partial charge < -0.3 is 52.7 Å². The molecule has 1 aliphatic rings. The van der Waals surface area contributed by atoms with Crippen LogP contribution < -0.4 is 37.6 Å². The zero-order valence-electron chi connectivity index (χ0n) is 21.2.